The fourth-order valence-electron chi connectivity index (χ4n) is 2.70. The van der Waals surface area contributed by atoms with Gasteiger partial charge in [0.05, 0.1) is 4.90 Å². The van der Waals surface area contributed by atoms with Crippen molar-refractivity contribution in [1.82, 2.24) is 4.72 Å². The normalized spacial score (nSPS) is 23.2. The molecule has 0 spiro atoms. The molecule has 7 heteroatoms. The van der Waals surface area contributed by atoms with E-state index in [1.54, 1.807) is 0 Å². The highest BCUT2D eigenvalue weighted by Gasteiger charge is 2.26. The maximum absolute atomic E-state index is 13.1. The largest absolute Gasteiger partial charge is 0.240 e. The van der Waals surface area contributed by atoms with Gasteiger partial charge in [0.1, 0.15) is 0 Å². The predicted molar refractivity (Wildman–Crippen MR) is 77.7 cm³/mol. The van der Waals surface area contributed by atoms with E-state index in [2.05, 4.69) is 4.72 Å². The summed E-state index contributed by atoms with van der Waals surface area (Å²) in [5.74, 6) is -1.24. The van der Waals surface area contributed by atoms with Gasteiger partial charge in [0.25, 0.3) is 0 Å². The number of benzene rings is 1. The first-order chi connectivity index (χ1) is 9.94. The van der Waals surface area contributed by atoms with Crippen molar-refractivity contribution in [3.63, 3.8) is 0 Å². The van der Waals surface area contributed by atoms with E-state index in [4.69, 9.17) is 11.6 Å². The van der Waals surface area contributed by atoms with Gasteiger partial charge in [0.15, 0.2) is 11.6 Å². The summed E-state index contributed by atoms with van der Waals surface area (Å²) in [7, 11) is -3.83. The third-order valence-electron chi connectivity index (χ3n) is 4.00. The van der Waals surface area contributed by atoms with Crippen molar-refractivity contribution in [1.29, 1.82) is 0 Å². The third-order valence-corrected chi connectivity index (χ3v) is 5.82. The Kier molecular flexibility index (Phi) is 5.57. The standard InChI is InChI=1S/C14H18ClF2NO2S/c15-8-10-3-1-2-4-11(10)9-18-21(19,20)12-5-6-13(16)14(17)7-12/h5-7,10-11,18H,1-4,8-9H2. The number of hydrogen-bond acceptors (Lipinski definition) is 2. The van der Waals surface area contributed by atoms with Crippen LogP contribution in [-0.2, 0) is 10.0 Å². The van der Waals surface area contributed by atoms with Crippen molar-refractivity contribution in [2.75, 3.05) is 12.4 Å². The summed E-state index contributed by atoms with van der Waals surface area (Å²) in [5, 5.41) is 0. The molecule has 2 rings (SSSR count). The van der Waals surface area contributed by atoms with Gasteiger partial charge in [-0.15, -0.1) is 11.6 Å². The minimum absolute atomic E-state index is 0.191. The van der Waals surface area contributed by atoms with Gasteiger partial charge in [-0.1, -0.05) is 12.8 Å². The molecule has 0 saturated heterocycles. The van der Waals surface area contributed by atoms with E-state index in [1.807, 2.05) is 0 Å². The molecule has 2 atom stereocenters. The molecule has 1 fully saturated rings. The number of sulfonamides is 1. The zero-order valence-corrected chi connectivity index (χ0v) is 13.1. The molecule has 0 amide bonds. The molecule has 2 unspecified atom stereocenters. The molecule has 0 aromatic heterocycles. The van der Waals surface area contributed by atoms with Crippen molar-refractivity contribution in [2.24, 2.45) is 11.8 Å². The third kappa shape index (κ3) is 4.14. The van der Waals surface area contributed by atoms with Gasteiger partial charge in [-0.2, -0.15) is 0 Å². The average molecular weight is 338 g/mol. The second-order valence-electron chi connectivity index (χ2n) is 5.39. The smallest absolute Gasteiger partial charge is 0.211 e. The first-order valence-corrected chi connectivity index (χ1v) is 8.96. The molecule has 0 bridgehead atoms. The van der Waals surface area contributed by atoms with E-state index < -0.39 is 21.7 Å². The van der Waals surface area contributed by atoms with Crippen LogP contribution in [0, 0.1) is 23.5 Å². The van der Waals surface area contributed by atoms with E-state index in [1.165, 1.54) is 0 Å². The molecule has 1 saturated carbocycles. The Bertz CT molecular complexity index is 595. The lowest BCUT2D eigenvalue weighted by Crippen LogP contribution is -2.35. The molecule has 0 radical (unpaired) electrons. The molecule has 1 aromatic carbocycles. The second-order valence-corrected chi connectivity index (χ2v) is 7.46. The molecule has 1 aliphatic rings. The molecule has 3 nitrogen and oxygen atoms in total. The molecular formula is C14H18ClF2NO2S. The maximum Gasteiger partial charge on any atom is 0.240 e. The molecular weight excluding hydrogens is 320 g/mol. The van der Waals surface area contributed by atoms with Crippen molar-refractivity contribution >= 4 is 21.6 Å². The number of rotatable bonds is 5. The zero-order chi connectivity index (χ0) is 15.5. The van der Waals surface area contributed by atoms with Crippen LogP contribution in [0.3, 0.4) is 0 Å². The van der Waals surface area contributed by atoms with Crippen molar-refractivity contribution in [3.05, 3.63) is 29.8 Å². The first-order valence-electron chi connectivity index (χ1n) is 6.94. The van der Waals surface area contributed by atoms with Gasteiger partial charge in [-0.3, -0.25) is 0 Å². The van der Waals surface area contributed by atoms with Crippen molar-refractivity contribution in [3.8, 4) is 0 Å². The van der Waals surface area contributed by atoms with E-state index in [-0.39, 0.29) is 17.4 Å². The van der Waals surface area contributed by atoms with Crippen LogP contribution in [0.25, 0.3) is 0 Å². The van der Waals surface area contributed by atoms with Crippen LogP contribution < -0.4 is 4.72 Å². The van der Waals surface area contributed by atoms with Gasteiger partial charge in [-0.05, 0) is 42.9 Å². The Hall–Kier alpha value is -0.720. The average Bonchev–Trinajstić information content (AvgIpc) is 2.48. The summed E-state index contributed by atoms with van der Waals surface area (Å²) in [6, 6.07) is 2.56. The van der Waals surface area contributed by atoms with Gasteiger partial charge in [0.2, 0.25) is 10.0 Å². The molecule has 0 heterocycles. The molecule has 118 valence electrons. The number of hydrogen-bond donors (Lipinski definition) is 1. The Labute approximate surface area is 128 Å². The number of nitrogens with one attached hydrogen (secondary N) is 1. The molecule has 0 aliphatic heterocycles. The first kappa shape index (κ1) is 16.6. The number of alkyl halides is 1. The Morgan fingerprint density at radius 3 is 2.43 bits per heavy atom. The quantitative estimate of drug-likeness (QED) is 0.838. The summed E-state index contributed by atoms with van der Waals surface area (Å²) >= 11 is 5.91. The Balaban J connectivity index is 2.05. The van der Waals surface area contributed by atoms with Crippen LogP contribution in [0.4, 0.5) is 8.78 Å². The van der Waals surface area contributed by atoms with E-state index in [9.17, 15) is 17.2 Å². The van der Waals surface area contributed by atoms with Crippen LogP contribution >= 0.6 is 11.6 Å². The van der Waals surface area contributed by atoms with Crippen LogP contribution in [0.2, 0.25) is 0 Å². The SMILES string of the molecule is O=S(=O)(NCC1CCCCC1CCl)c1ccc(F)c(F)c1. The summed E-state index contributed by atoms with van der Waals surface area (Å²) in [6.45, 7) is 0.277. The van der Waals surface area contributed by atoms with Crippen molar-refractivity contribution < 1.29 is 17.2 Å². The molecule has 1 N–H and O–H groups in total. The highest BCUT2D eigenvalue weighted by molar-refractivity contribution is 7.89. The van der Waals surface area contributed by atoms with Gasteiger partial charge in [0, 0.05) is 12.4 Å². The molecule has 1 aromatic rings. The lowest BCUT2D eigenvalue weighted by atomic mass is 9.80. The van der Waals surface area contributed by atoms with Crippen LogP contribution in [0.15, 0.2) is 23.1 Å². The molecule has 1 aliphatic carbocycles. The predicted octanol–water partition coefficient (Wildman–Crippen LogP) is 3.29. The van der Waals surface area contributed by atoms with Crippen LogP contribution in [0.5, 0.6) is 0 Å². The van der Waals surface area contributed by atoms with E-state index in [0.29, 0.717) is 17.9 Å². The van der Waals surface area contributed by atoms with E-state index >= 15 is 0 Å². The molecule has 21 heavy (non-hydrogen) atoms. The number of halogens is 3. The minimum atomic E-state index is -3.83. The summed E-state index contributed by atoms with van der Waals surface area (Å²) in [5.41, 5.74) is 0. The Morgan fingerprint density at radius 1 is 1.14 bits per heavy atom. The Morgan fingerprint density at radius 2 is 1.81 bits per heavy atom. The highest BCUT2D eigenvalue weighted by atomic mass is 35.5. The monoisotopic (exact) mass is 337 g/mol. The topological polar surface area (TPSA) is 46.2 Å². The fraction of sp³-hybridized carbons (Fsp3) is 0.571. The second kappa shape index (κ2) is 7.03. The fourth-order valence-corrected chi connectivity index (χ4v) is 4.21. The minimum Gasteiger partial charge on any atom is -0.211 e. The lowest BCUT2D eigenvalue weighted by Gasteiger charge is -2.30. The highest BCUT2D eigenvalue weighted by Crippen LogP contribution is 2.30. The van der Waals surface area contributed by atoms with Gasteiger partial charge >= 0.3 is 0 Å². The zero-order valence-electron chi connectivity index (χ0n) is 11.5. The van der Waals surface area contributed by atoms with Crippen LogP contribution in [-0.4, -0.2) is 20.8 Å². The van der Waals surface area contributed by atoms with Gasteiger partial charge < -0.3 is 0 Å². The van der Waals surface area contributed by atoms with Crippen molar-refractivity contribution in [2.45, 2.75) is 30.6 Å². The summed E-state index contributed by atoms with van der Waals surface area (Å²) < 4.78 is 52.7. The van der Waals surface area contributed by atoms with E-state index in [0.717, 1.165) is 37.8 Å². The summed E-state index contributed by atoms with van der Waals surface area (Å²) in [4.78, 5) is -0.264. The van der Waals surface area contributed by atoms with Crippen LogP contribution in [0.1, 0.15) is 25.7 Å². The summed E-state index contributed by atoms with van der Waals surface area (Å²) in [6.07, 6.45) is 4.10. The maximum atomic E-state index is 13.1. The van der Waals surface area contributed by atoms with Gasteiger partial charge in [-0.25, -0.2) is 21.9 Å². The lowest BCUT2D eigenvalue weighted by molar-refractivity contribution is 0.260.